The van der Waals surface area contributed by atoms with Gasteiger partial charge >= 0.3 is 0 Å². The van der Waals surface area contributed by atoms with Crippen molar-refractivity contribution in [3.05, 3.63) is 46.8 Å². The van der Waals surface area contributed by atoms with Crippen LogP contribution < -0.4 is 5.73 Å². The van der Waals surface area contributed by atoms with Gasteiger partial charge in [-0.15, -0.1) is 0 Å². The molecule has 0 fully saturated rings. The number of ether oxygens (including phenoxy) is 1. The molecule has 1 aromatic carbocycles. The molecule has 3 aromatic rings. The first-order chi connectivity index (χ1) is 13.7. The Labute approximate surface area is 168 Å². The molecule has 1 aliphatic carbocycles. The van der Waals surface area contributed by atoms with E-state index in [1.807, 2.05) is 19.1 Å². The first-order valence-electron chi connectivity index (χ1n) is 9.27. The van der Waals surface area contributed by atoms with Crippen molar-refractivity contribution in [3.8, 4) is 5.95 Å². The van der Waals surface area contributed by atoms with Crippen molar-refractivity contribution < 1.29 is 17.9 Å². The molecule has 1 atom stereocenters. The molecule has 0 bridgehead atoms. The molecule has 4 rings (SSSR count). The second-order valence-electron chi connectivity index (χ2n) is 7.31. The summed E-state index contributed by atoms with van der Waals surface area (Å²) in [5, 5.41) is 0.703. The van der Waals surface area contributed by atoms with Crippen LogP contribution in [0, 0.1) is 6.92 Å². The molecular formula is C20H22N4O4S. The van der Waals surface area contributed by atoms with E-state index < -0.39 is 15.7 Å². The third kappa shape index (κ3) is 3.20. The minimum Gasteiger partial charge on any atom is -0.375 e. The Morgan fingerprint density at radius 1 is 1.31 bits per heavy atom. The molecule has 29 heavy (non-hydrogen) atoms. The molecule has 0 spiro atoms. The van der Waals surface area contributed by atoms with Crippen LogP contribution in [0.4, 0.5) is 0 Å². The Morgan fingerprint density at radius 3 is 2.72 bits per heavy atom. The molecule has 8 nitrogen and oxygen atoms in total. The van der Waals surface area contributed by atoms with E-state index in [0.717, 1.165) is 24.8 Å². The minimum absolute atomic E-state index is 0.0338. The second-order valence-corrected chi connectivity index (χ2v) is 9.24. The maximum absolute atomic E-state index is 12.5. The number of carbonyl (C=O) groups excluding carboxylic acids is 1. The number of aryl methyl sites for hydroxylation is 1. The average Bonchev–Trinajstić information content (AvgIpc) is 3.01. The standard InChI is InChI=1S/C20H22N4O4S/c1-11-10-14-12(18(21)25)6-4-8-15(14)24(11)20-22-17-13(7-5-9-16(17)28-2)19(23-20)29(3,26)27/h4,6,8,10,16H,5,7,9H2,1-3H3,(H2,21,25)/t16-/m0/s1. The Kier molecular flexibility index (Phi) is 4.66. The van der Waals surface area contributed by atoms with Gasteiger partial charge in [0, 0.05) is 35.6 Å². The molecule has 2 heterocycles. The van der Waals surface area contributed by atoms with Crippen LogP contribution in [0.25, 0.3) is 16.9 Å². The van der Waals surface area contributed by atoms with E-state index in [-0.39, 0.29) is 17.1 Å². The topological polar surface area (TPSA) is 117 Å². The van der Waals surface area contributed by atoms with Crippen LogP contribution in [0.15, 0.2) is 29.3 Å². The predicted octanol–water partition coefficient (Wildman–Crippen LogP) is 2.26. The zero-order valence-electron chi connectivity index (χ0n) is 16.5. The van der Waals surface area contributed by atoms with E-state index in [9.17, 15) is 13.2 Å². The first kappa shape index (κ1) is 19.5. The molecule has 0 unspecified atom stereocenters. The first-order valence-corrected chi connectivity index (χ1v) is 11.2. The van der Waals surface area contributed by atoms with Crippen LogP contribution in [0.1, 0.15) is 46.3 Å². The summed E-state index contributed by atoms with van der Waals surface area (Å²) in [5.41, 5.74) is 8.58. The van der Waals surface area contributed by atoms with E-state index in [4.69, 9.17) is 15.5 Å². The lowest BCUT2D eigenvalue weighted by atomic mass is 9.95. The summed E-state index contributed by atoms with van der Waals surface area (Å²) in [5.74, 6) is -0.294. The Hall–Kier alpha value is -2.78. The van der Waals surface area contributed by atoms with Gasteiger partial charge in [-0.05, 0) is 44.4 Å². The highest BCUT2D eigenvalue weighted by Crippen LogP contribution is 2.35. The molecule has 9 heteroatoms. The van der Waals surface area contributed by atoms with Gasteiger partial charge < -0.3 is 10.5 Å². The lowest BCUT2D eigenvalue weighted by Crippen LogP contribution is -2.21. The lowest BCUT2D eigenvalue weighted by molar-refractivity contribution is 0.0834. The van der Waals surface area contributed by atoms with Crippen LogP contribution in [0.3, 0.4) is 0 Å². The largest absolute Gasteiger partial charge is 0.375 e. The maximum Gasteiger partial charge on any atom is 0.249 e. The summed E-state index contributed by atoms with van der Waals surface area (Å²) in [4.78, 5) is 21.0. The number of carbonyl (C=O) groups is 1. The normalized spacial score (nSPS) is 16.7. The average molecular weight is 414 g/mol. The quantitative estimate of drug-likeness (QED) is 0.655. The molecule has 0 saturated heterocycles. The Balaban J connectivity index is 2.06. The fourth-order valence-corrected chi connectivity index (χ4v) is 4.95. The van der Waals surface area contributed by atoms with Crippen molar-refractivity contribution >= 4 is 26.6 Å². The smallest absolute Gasteiger partial charge is 0.249 e. The van der Waals surface area contributed by atoms with Gasteiger partial charge in [-0.1, -0.05) is 6.07 Å². The van der Waals surface area contributed by atoms with E-state index in [1.165, 1.54) is 0 Å². The van der Waals surface area contributed by atoms with Crippen molar-refractivity contribution in [2.45, 2.75) is 37.3 Å². The van der Waals surface area contributed by atoms with Gasteiger partial charge in [0.15, 0.2) is 14.9 Å². The fraction of sp³-hybridized carbons (Fsp3) is 0.350. The zero-order valence-corrected chi connectivity index (χ0v) is 17.3. The van der Waals surface area contributed by atoms with Gasteiger partial charge in [0.2, 0.25) is 11.9 Å². The van der Waals surface area contributed by atoms with Crippen LogP contribution >= 0.6 is 0 Å². The second kappa shape index (κ2) is 6.93. The number of fused-ring (bicyclic) bond motifs is 2. The Bertz CT molecular complexity index is 1250. The number of amides is 1. The van der Waals surface area contributed by atoms with E-state index >= 15 is 0 Å². The van der Waals surface area contributed by atoms with E-state index in [1.54, 1.807) is 23.8 Å². The molecule has 0 aliphatic heterocycles. The predicted molar refractivity (Wildman–Crippen MR) is 108 cm³/mol. The van der Waals surface area contributed by atoms with Gasteiger partial charge in [0.25, 0.3) is 0 Å². The van der Waals surface area contributed by atoms with Gasteiger partial charge in [-0.25, -0.2) is 18.4 Å². The van der Waals surface area contributed by atoms with E-state index in [0.29, 0.717) is 34.1 Å². The van der Waals surface area contributed by atoms with Gasteiger partial charge in [0.1, 0.15) is 0 Å². The van der Waals surface area contributed by atoms with Crippen LogP contribution in [0.2, 0.25) is 0 Å². The molecular weight excluding hydrogens is 392 g/mol. The number of sulfone groups is 1. The number of nitrogens with two attached hydrogens (primary N) is 1. The van der Waals surface area contributed by atoms with Crippen molar-refractivity contribution in [2.75, 3.05) is 13.4 Å². The zero-order chi connectivity index (χ0) is 20.9. The molecule has 2 N–H and O–H groups in total. The third-order valence-corrected chi connectivity index (χ3v) is 6.36. The van der Waals surface area contributed by atoms with Crippen LogP contribution in [-0.2, 0) is 21.0 Å². The van der Waals surface area contributed by atoms with Crippen LogP contribution in [-0.4, -0.2) is 42.2 Å². The number of aromatic nitrogens is 3. The molecule has 2 aromatic heterocycles. The SMILES string of the molecule is CO[C@H]1CCCc2c1nc(-n1c(C)cc3c(C(N)=O)cccc31)nc2S(C)(=O)=O. The fourth-order valence-electron chi connectivity index (χ4n) is 4.05. The van der Waals surface area contributed by atoms with Crippen molar-refractivity contribution in [3.63, 3.8) is 0 Å². The monoisotopic (exact) mass is 414 g/mol. The minimum atomic E-state index is -3.57. The highest BCUT2D eigenvalue weighted by atomic mass is 32.2. The van der Waals surface area contributed by atoms with E-state index in [2.05, 4.69) is 4.98 Å². The van der Waals surface area contributed by atoms with Gasteiger partial charge in [-0.3, -0.25) is 9.36 Å². The van der Waals surface area contributed by atoms with Gasteiger partial charge in [-0.2, -0.15) is 0 Å². The number of nitrogens with zero attached hydrogens (tertiary/aromatic N) is 3. The molecule has 0 saturated carbocycles. The molecule has 0 radical (unpaired) electrons. The summed E-state index contributed by atoms with van der Waals surface area (Å²) >= 11 is 0. The molecule has 1 amide bonds. The number of primary amides is 1. The summed E-state index contributed by atoms with van der Waals surface area (Å²) < 4.78 is 32.3. The van der Waals surface area contributed by atoms with Crippen molar-refractivity contribution in [1.82, 2.24) is 14.5 Å². The van der Waals surface area contributed by atoms with Crippen LogP contribution in [0.5, 0.6) is 0 Å². The summed E-state index contributed by atoms with van der Waals surface area (Å²) in [6, 6.07) is 7.04. The van der Waals surface area contributed by atoms with Gasteiger partial charge in [0.05, 0.1) is 17.3 Å². The third-order valence-electron chi connectivity index (χ3n) is 5.32. The Morgan fingerprint density at radius 2 is 2.07 bits per heavy atom. The summed E-state index contributed by atoms with van der Waals surface area (Å²) in [6.07, 6.45) is 3.03. The maximum atomic E-state index is 12.5. The highest BCUT2D eigenvalue weighted by Gasteiger charge is 2.30. The molecule has 152 valence electrons. The summed E-state index contributed by atoms with van der Waals surface area (Å²) in [7, 11) is -1.98. The lowest BCUT2D eigenvalue weighted by Gasteiger charge is -2.25. The number of hydrogen-bond acceptors (Lipinski definition) is 6. The van der Waals surface area contributed by atoms with Crippen molar-refractivity contribution in [2.24, 2.45) is 5.73 Å². The number of rotatable bonds is 4. The highest BCUT2D eigenvalue weighted by molar-refractivity contribution is 7.90. The van der Waals surface area contributed by atoms with Crippen molar-refractivity contribution in [1.29, 1.82) is 0 Å². The number of benzene rings is 1. The number of methoxy groups -OCH3 is 1. The number of hydrogen-bond donors (Lipinski definition) is 1. The summed E-state index contributed by atoms with van der Waals surface area (Å²) in [6.45, 7) is 1.85. The molecule has 1 aliphatic rings.